The van der Waals surface area contributed by atoms with Crippen LogP contribution in [0, 0.1) is 0 Å². The maximum absolute atomic E-state index is 10.1. The first kappa shape index (κ1) is 7.10. The van der Waals surface area contributed by atoms with Crippen LogP contribution >= 0.6 is 0 Å². The van der Waals surface area contributed by atoms with E-state index in [1.165, 1.54) is 0 Å². The summed E-state index contributed by atoms with van der Waals surface area (Å²) in [6.45, 7) is 0.179. The number of likely N-dealkylation sites (N-methyl/N-ethyl adjacent to an activating group) is 1. The van der Waals surface area contributed by atoms with Gasteiger partial charge in [-0.05, 0) is 7.05 Å². The normalized spacial score (nSPS) is 8.12. The minimum Gasteiger partial charge on any atom is -0.395 e. The van der Waals surface area contributed by atoms with Gasteiger partial charge < -0.3 is 10.1 Å². The lowest BCUT2D eigenvalue weighted by Gasteiger charge is -1.91. The first-order chi connectivity index (χ1) is 3.81. The average Bonchev–Trinajstić information content (AvgIpc) is 1.68. The van der Waals surface area contributed by atoms with Gasteiger partial charge in [-0.2, -0.15) is 0 Å². The standard InChI is InChI=1S/C4H7NO3/c1-5-2-4(7)8-3-6/h3,5H,2H2,1H3. The number of ether oxygens (including phenoxy) is 1. The molecule has 0 aromatic heterocycles. The van der Waals surface area contributed by atoms with Gasteiger partial charge in [0, 0.05) is 0 Å². The molecule has 46 valence electrons. The molecule has 0 saturated heterocycles. The Morgan fingerprint density at radius 3 is 2.88 bits per heavy atom. The highest BCUT2D eigenvalue weighted by molar-refractivity contribution is 5.77. The molecule has 0 rings (SSSR count). The highest BCUT2D eigenvalue weighted by Gasteiger charge is 1.95. The molecule has 0 aliphatic rings. The van der Waals surface area contributed by atoms with E-state index in [0.717, 1.165) is 0 Å². The van der Waals surface area contributed by atoms with E-state index in [-0.39, 0.29) is 13.0 Å². The quantitative estimate of drug-likeness (QED) is 0.290. The van der Waals surface area contributed by atoms with E-state index in [0.29, 0.717) is 0 Å². The fraction of sp³-hybridized carbons (Fsp3) is 0.500. The summed E-state index contributed by atoms with van der Waals surface area (Å²) in [5.41, 5.74) is 0. The molecule has 0 fully saturated rings. The van der Waals surface area contributed by atoms with Crippen LogP contribution in [0.4, 0.5) is 0 Å². The number of hydrogen-bond acceptors (Lipinski definition) is 4. The van der Waals surface area contributed by atoms with Crippen LogP contribution in [0.25, 0.3) is 0 Å². The fourth-order valence-electron chi connectivity index (χ4n) is 0.240. The van der Waals surface area contributed by atoms with Crippen molar-refractivity contribution < 1.29 is 14.3 Å². The molecule has 4 heteroatoms. The first-order valence-electron chi connectivity index (χ1n) is 2.09. The lowest BCUT2D eigenvalue weighted by molar-refractivity contribution is -0.150. The van der Waals surface area contributed by atoms with Gasteiger partial charge in [0.05, 0.1) is 6.54 Å². The molecule has 8 heavy (non-hydrogen) atoms. The number of carbonyl (C=O) groups is 2. The highest BCUT2D eigenvalue weighted by atomic mass is 16.6. The van der Waals surface area contributed by atoms with E-state index in [1.54, 1.807) is 7.05 Å². The van der Waals surface area contributed by atoms with E-state index in [4.69, 9.17) is 0 Å². The molecular weight excluding hydrogens is 110 g/mol. The second-order valence-electron chi connectivity index (χ2n) is 1.12. The number of hydrogen-bond donors (Lipinski definition) is 1. The van der Waals surface area contributed by atoms with Crippen molar-refractivity contribution in [2.45, 2.75) is 0 Å². The minimum atomic E-state index is -0.567. The van der Waals surface area contributed by atoms with Gasteiger partial charge in [0.15, 0.2) is 0 Å². The summed E-state index contributed by atoms with van der Waals surface area (Å²) >= 11 is 0. The Bertz CT molecular complexity index is 91.3. The summed E-state index contributed by atoms with van der Waals surface area (Å²) in [7, 11) is 1.59. The number of carbonyl (C=O) groups excluding carboxylic acids is 2. The van der Waals surface area contributed by atoms with Crippen LogP contribution < -0.4 is 5.32 Å². The molecule has 0 unspecified atom stereocenters. The zero-order valence-corrected chi connectivity index (χ0v) is 4.51. The molecule has 0 radical (unpaired) electrons. The Kier molecular flexibility index (Phi) is 3.78. The summed E-state index contributed by atoms with van der Waals surface area (Å²) in [6.07, 6.45) is 0. The molecule has 0 amide bonds. The molecule has 0 aliphatic carbocycles. The van der Waals surface area contributed by atoms with Crippen molar-refractivity contribution in [1.82, 2.24) is 5.32 Å². The smallest absolute Gasteiger partial charge is 0.327 e. The lowest BCUT2D eigenvalue weighted by atomic mass is 10.7. The van der Waals surface area contributed by atoms with Gasteiger partial charge in [-0.1, -0.05) is 0 Å². The van der Waals surface area contributed by atoms with Crippen molar-refractivity contribution in [2.24, 2.45) is 0 Å². The van der Waals surface area contributed by atoms with Gasteiger partial charge >= 0.3 is 12.4 Å². The van der Waals surface area contributed by atoms with Crippen LogP contribution in [0.1, 0.15) is 0 Å². The Balaban J connectivity index is 3.18. The van der Waals surface area contributed by atoms with Gasteiger partial charge in [0.1, 0.15) is 0 Å². The minimum absolute atomic E-state index is 0.0682. The fourth-order valence-corrected chi connectivity index (χ4v) is 0.240. The number of rotatable bonds is 3. The molecule has 0 bridgehead atoms. The molecule has 1 N–H and O–H groups in total. The molecular formula is C4H7NO3. The predicted molar refractivity (Wildman–Crippen MR) is 26.1 cm³/mol. The Morgan fingerprint density at radius 2 is 2.50 bits per heavy atom. The van der Waals surface area contributed by atoms with Gasteiger partial charge in [0.25, 0.3) is 0 Å². The number of esters is 1. The largest absolute Gasteiger partial charge is 0.395 e. The molecule has 0 aliphatic heterocycles. The third kappa shape index (κ3) is 3.30. The van der Waals surface area contributed by atoms with Gasteiger partial charge in [-0.25, -0.2) is 0 Å². The van der Waals surface area contributed by atoms with E-state index in [9.17, 15) is 9.59 Å². The Labute approximate surface area is 46.8 Å². The monoisotopic (exact) mass is 117 g/mol. The third-order valence-electron chi connectivity index (χ3n) is 0.501. The summed E-state index contributed by atoms with van der Waals surface area (Å²) in [5.74, 6) is -0.567. The topological polar surface area (TPSA) is 55.4 Å². The van der Waals surface area contributed by atoms with Crippen LogP contribution in [0.5, 0.6) is 0 Å². The Morgan fingerprint density at radius 1 is 1.88 bits per heavy atom. The second-order valence-corrected chi connectivity index (χ2v) is 1.12. The van der Waals surface area contributed by atoms with Crippen molar-refractivity contribution in [1.29, 1.82) is 0 Å². The molecule has 0 aromatic carbocycles. The highest BCUT2D eigenvalue weighted by Crippen LogP contribution is 1.66. The lowest BCUT2D eigenvalue weighted by Crippen LogP contribution is -2.20. The molecule has 0 saturated carbocycles. The van der Waals surface area contributed by atoms with Crippen LogP contribution in [0.3, 0.4) is 0 Å². The van der Waals surface area contributed by atoms with E-state index in [1.807, 2.05) is 0 Å². The second kappa shape index (κ2) is 4.26. The maximum atomic E-state index is 10.1. The van der Waals surface area contributed by atoms with Crippen LogP contribution in [-0.2, 0) is 14.3 Å². The zero-order chi connectivity index (χ0) is 6.41. The molecule has 0 spiro atoms. The van der Waals surface area contributed by atoms with Crippen LogP contribution in [0.2, 0.25) is 0 Å². The van der Waals surface area contributed by atoms with E-state index >= 15 is 0 Å². The first-order valence-corrected chi connectivity index (χ1v) is 2.09. The van der Waals surface area contributed by atoms with E-state index in [2.05, 4.69) is 10.1 Å². The van der Waals surface area contributed by atoms with Crippen LogP contribution in [-0.4, -0.2) is 26.0 Å². The summed E-state index contributed by atoms with van der Waals surface area (Å²) in [4.78, 5) is 19.5. The predicted octanol–water partition coefficient (Wildman–Crippen LogP) is -1.09. The van der Waals surface area contributed by atoms with E-state index < -0.39 is 5.97 Å². The summed E-state index contributed by atoms with van der Waals surface area (Å²) < 4.78 is 3.90. The SMILES string of the molecule is CNCC(=O)OC=O. The van der Waals surface area contributed by atoms with Gasteiger partial charge in [-0.3, -0.25) is 9.59 Å². The van der Waals surface area contributed by atoms with Crippen molar-refractivity contribution in [3.05, 3.63) is 0 Å². The molecule has 4 nitrogen and oxygen atoms in total. The average molecular weight is 117 g/mol. The van der Waals surface area contributed by atoms with Gasteiger partial charge in [-0.15, -0.1) is 0 Å². The van der Waals surface area contributed by atoms with Crippen molar-refractivity contribution in [2.75, 3.05) is 13.6 Å². The molecule has 0 atom stereocenters. The van der Waals surface area contributed by atoms with Gasteiger partial charge in [0.2, 0.25) is 0 Å². The zero-order valence-electron chi connectivity index (χ0n) is 4.51. The molecule has 0 heterocycles. The summed E-state index contributed by atoms with van der Waals surface area (Å²) in [6, 6.07) is 0. The van der Waals surface area contributed by atoms with Crippen molar-refractivity contribution in [3.63, 3.8) is 0 Å². The maximum Gasteiger partial charge on any atom is 0.327 e. The third-order valence-corrected chi connectivity index (χ3v) is 0.501. The van der Waals surface area contributed by atoms with Crippen molar-refractivity contribution >= 4 is 12.4 Å². The Hall–Kier alpha value is -0.900. The van der Waals surface area contributed by atoms with Crippen LogP contribution in [0.15, 0.2) is 0 Å². The summed E-state index contributed by atoms with van der Waals surface area (Å²) in [5, 5.41) is 2.52. The molecule has 0 aromatic rings. The van der Waals surface area contributed by atoms with Crippen molar-refractivity contribution in [3.8, 4) is 0 Å². The number of nitrogens with one attached hydrogen (secondary N) is 1.